The van der Waals surface area contributed by atoms with E-state index in [4.69, 9.17) is 5.11 Å². The minimum atomic E-state index is -0.613. The summed E-state index contributed by atoms with van der Waals surface area (Å²) in [5.41, 5.74) is -0.540. The van der Waals surface area contributed by atoms with E-state index >= 15 is 0 Å². The van der Waals surface area contributed by atoms with Gasteiger partial charge in [-0.25, -0.2) is 0 Å². The number of aldehydes is 1. The highest BCUT2D eigenvalue weighted by Gasteiger charge is 2.11. The molecule has 0 aliphatic carbocycles. The quantitative estimate of drug-likeness (QED) is 0.210. The minimum Gasteiger partial charge on any atom is -0.513 e. The lowest BCUT2D eigenvalue weighted by Crippen LogP contribution is -1.87. The van der Waals surface area contributed by atoms with Gasteiger partial charge in [-0.15, -0.1) is 10.2 Å². The van der Waals surface area contributed by atoms with Crippen molar-refractivity contribution in [1.82, 2.24) is 0 Å². The van der Waals surface area contributed by atoms with Gasteiger partial charge in [0.1, 0.15) is 6.26 Å². The van der Waals surface area contributed by atoms with Crippen LogP contribution in [0.25, 0.3) is 0 Å². The molecule has 16 heavy (non-hydrogen) atoms. The average molecular weight is 221 g/mol. The summed E-state index contributed by atoms with van der Waals surface area (Å²) in [5.74, 6) is 0. The molecule has 7 heteroatoms. The summed E-state index contributed by atoms with van der Waals surface area (Å²) in [5, 5.41) is 25.9. The minimum absolute atomic E-state index is 0.00806. The molecule has 0 bridgehead atoms. The van der Waals surface area contributed by atoms with Crippen LogP contribution in [0.1, 0.15) is 0 Å². The molecule has 0 unspecified atom stereocenters. The van der Waals surface area contributed by atoms with Crippen LogP contribution >= 0.6 is 0 Å². The van der Waals surface area contributed by atoms with Crippen molar-refractivity contribution in [2.75, 3.05) is 0 Å². The highest BCUT2D eigenvalue weighted by molar-refractivity contribution is 5.72. The summed E-state index contributed by atoms with van der Waals surface area (Å²) in [6.45, 7) is 0. The van der Waals surface area contributed by atoms with Gasteiger partial charge in [0, 0.05) is 6.07 Å². The summed E-state index contributed by atoms with van der Waals surface area (Å²) in [4.78, 5) is 20.2. The van der Waals surface area contributed by atoms with E-state index in [1.165, 1.54) is 18.2 Å². The Morgan fingerprint density at radius 3 is 2.69 bits per heavy atom. The van der Waals surface area contributed by atoms with Crippen molar-refractivity contribution in [2.24, 2.45) is 10.2 Å². The van der Waals surface area contributed by atoms with Gasteiger partial charge in [0.15, 0.2) is 17.7 Å². The zero-order chi connectivity index (χ0) is 12.0. The molecule has 0 saturated carbocycles. The number of nitro benzene ring substituents is 1. The van der Waals surface area contributed by atoms with Gasteiger partial charge in [-0.1, -0.05) is 12.1 Å². The Bertz CT molecular complexity index is 468. The van der Waals surface area contributed by atoms with E-state index < -0.39 is 4.92 Å². The lowest BCUT2D eigenvalue weighted by atomic mass is 10.3. The lowest BCUT2D eigenvalue weighted by molar-refractivity contribution is -0.384. The Hall–Kier alpha value is -2.57. The van der Waals surface area contributed by atoms with Crippen molar-refractivity contribution in [2.45, 2.75) is 0 Å². The van der Waals surface area contributed by atoms with Gasteiger partial charge < -0.3 is 5.11 Å². The summed E-state index contributed by atoms with van der Waals surface area (Å²) < 4.78 is 0. The molecule has 0 fully saturated rings. The Labute approximate surface area is 89.9 Å². The van der Waals surface area contributed by atoms with Gasteiger partial charge in [0.25, 0.3) is 5.69 Å². The van der Waals surface area contributed by atoms with E-state index in [-0.39, 0.29) is 23.4 Å². The van der Waals surface area contributed by atoms with E-state index in [0.29, 0.717) is 6.26 Å². The number of allylic oxidation sites excluding steroid dienone is 1. The first-order chi connectivity index (χ1) is 7.69. The third-order valence-electron chi connectivity index (χ3n) is 1.60. The van der Waals surface area contributed by atoms with E-state index in [1.807, 2.05) is 0 Å². The Kier molecular flexibility index (Phi) is 3.84. The molecule has 0 radical (unpaired) electrons. The van der Waals surface area contributed by atoms with Crippen LogP contribution in [0.3, 0.4) is 0 Å². The predicted molar refractivity (Wildman–Crippen MR) is 54.4 cm³/mol. The second-order valence-electron chi connectivity index (χ2n) is 2.62. The number of hydrogen-bond donors (Lipinski definition) is 1. The first-order valence-corrected chi connectivity index (χ1v) is 4.13. The maximum atomic E-state index is 10.6. The highest BCUT2D eigenvalue weighted by atomic mass is 16.6. The fourth-order valence-corrected chi connectivity index (χ4v) is 0.895. The first kappa shape index (κ1) is 11.5. The maximum Gasteiger partial charge on any atom is 0.296 e. The molecule has 7 nitrogen and oxygen atoms in total. The Morgan fingerprint density at radius 2 is 2.12 bits per heavy atom. The van der Waals surface area contributed by atoms with Gasteiger partial charge in [-0.2, -0.15) is 0 Å². The summed E-state index contributed by atoms with van der Waals surface area (Å²) in [6.07, 6.45) is 0.740. The van der Waals surface area contributed by atoms with Gasteiger partial charge in [-0.3, -0.25) is 14.9 Å². The van der Waals surface area contributed by atoms with E-state index in [0.717, 1.165) is 0 Å². The summed E-state index contributed by atoms with van der Waals surface area (Å²) in [6, 6.07) is 5.67. The van der Waals surface area contributed by atoms with Crippen LogP contribution in [0.5, 0.6) is 0 Å². The number of aliphatic hydroxyl groups is 1. The van der Waals surface area contributed by atoms with Crippen LogP contribution in [-0.2, 0) is 4.79 Å². The monoisotopic (exact) mass is 221 g/mol. The van der Waals surface area contributed by atoms with Crippen LogP contribution in [-0.4, -0.2) is 16.3 Å². The van der Waals surface area contributed by atoms with Crippen molar-refractivity contribution >= 4 is 17.7 Å². The molecule has 1 N–H and O–H groups in total. The molecule has 0 atom stereocenters. The third-order valence-corrected chi connectivity index (χ3v) is 1.60. The normalized spacial score (nSPS) is 11.6. The zero-order valence-electron chi connectivity index (χ0n) is 7.98. The van der Waals surface area contributed by atoms with Gasteiger partial charge in [0.2, 0.25) is 0 Å². The molecule has 1 aromatic carbocycles. The van der Waals surface area contributed by atoms with Gasteiger partial charge in [0.05, 0.1) is 4.92 Å². The number of benzene rings is 1. The fraction of sp³-hybridized carbons (Fsp3) is 0. The number of hydrogen-bond acceptors (Lipinski definition) is 6. The number of nitrogens with zero attached hydrogens (tertiary/aromatic N) is 3. The smallest absolute Gasteiger partial charge is 0.296 e. The van der Waals surface area contributed by atoms with Crippen LogP contribution < -0.4 is 0 Å². The SMILES string of the molecule is O=C/C(=C\O)N=Nc1ccccc1[N+](=O)[O-]. The number of carbonyl (C=O) groups excluding carboxylic acids is 1. The molecule has 0 amide bonds. The van der Waals surface area contributed by atoms with E-state index in [1.54, 1.807) is 6.07 Å². The molecule has 0 spiro atoms. The number of azo groups is 1. The summed E-state index contributed by atoms with van der Waals surface area (Å²) in [7, 11) is 0. The molecular formula is C9H7N3O4. The Balaban J connectivity index is 3.06. The molecule has 1 aromatic rings. The highest BCUT2D eigenvalue weighted by Crippen LogP contribution is 2.26. The van der Waals surface area contributed by atoms with E-state index in [9.17, 15) is 14.9 Å². The standard InChI is InChI=1S/C9H7N3O4/c13-5-7(6-14)10-11-8-3-1-2-4-9(8)12(15)16/h1-6,13H/b7-5+,11-10?. The largest absolute Gasteiger partial charge is 0.513 e. The van der Waals surface area contributed by atoms with Crippen molar-refractivity contribution in [3.05, 3.63) is 46.3 Å². The molecule has 0 aliphatic rings. The Morgan fingerprint density at radius 1 is 1.44 bits per heavy atom. The second kappa shape index (κ2) is 5.35. The molecule has 0 aliphatic heterocycles. The van der Waals surface area contributed by atoms with Crippen molar-refractivity contribution in [3.8, 4) is 0 Å². The predicted octanol–water partition coefficient (Wildman–Crippen LogP) is 2.28. The number of aliphatic hydroxyl groups excluding tert-OH is 1. The van der Waals surface area contributed by atoms with Gasteiger partial charge in [-0.05, 0) is 6.07 Å². The third kappa shape index (κ3) is 2.71. The van der Waals surface area contributed by atoms with Crippen molar-refractivity contribution < 1.29 is 14.8 Å². The van der Waals surface area contributed by atoms with Crippen molar-refractivity contribution in [1.29, 1.82) is 0 Å². The topological polar surface area (TPSA) is 105 Å². The molecule has 0 saturated heterocycles. The number of carbonyl (C=O) groups is 1. The van der Waals surface area contributed by atoms with E-state index in [2.05, 4.69) is 10.2 Å². The number of nitro groups is 1. The fourth-order valence-electron chi connectivity index (χ4n) is 0.895. The van der Waals surface area contributed by atoms with Crippen LogP contribution in [0.15, 0.2) is 46.5 Å². The maximum absolute atomic E-state index is 10.6. The van der Waals surface area contributed by atoms with Crippen molar-refractivity contribution in [3.63, 3.8) is 0 Å². The molecule has 1 rings (SSSR count). The number of rotatable bonds is 4. The van der Waals surface area contributed by atoms with Gasteiger partial charge >= 0.3 is 0 Å². The first-order valence-electron chi connectivity index (χ1n) is 4.13. The molecule has 0 heterocycles. The molecule has 82 valence electrons. The lowest BCUT2D eigenvalue weighted by Gasteiger charge is -1.94. The molecular weight excluding hydrogens is 214 g/mol. The van der Waals surface area contributed by atoms with Crippen LogP contribution in [0, 0.1) is 10.1 Å². The second-order valence-corrected chi connectivity index (χ2v) is 2.62. The van der Waals surface area contributed by atoms with Crippen LogP contribution in [0.2, 0.25) is 0 Å². The number of para-hydroxylation sites is 1. The summed E-state index contributed by atoms with van der Waals surface area (Å²) >= 11 is 0. The zero-order valence-corrected chi connectivity index (χ0v) is 7.98. The molecule has 0 aromatic heterocycles. The average Bonchev–Trinajstić information content (AvgIpc) is 2.30. The van der Waals surface area contributed by atoms with Crippen LogP contribution in [0.4, 0.5) is 11.4 Å².